The maximum Gasteiger partial charge on any atom is 0.334 e. The normalized spacial score (nSPS) is 14.0. The highest BCUT2D eigenvalue weighted by Gasteiger charge is 2.20. The highest BCUT2D eigenvalue weighted by Crippen LogP contribution is 1.95. The van der Waals surface area contributed by atoms with Gasteiger partial charge in [0.2, 0.25) is 0 Å². The molecule has 0 saturated heterocycles. The number of ether oxygens (including phenoxy) is 1. The van der Waals surface area contributed by atoms with E-state index in [1.54, 1.807) is 6.92 Å². The zero-order chi connectivity index (χ0) is 12.7. The number of carbonyl (C=O) groups is 2. The van der Waals surface area contributed by atoms with E-state index in [0.717, 1.165) is 0 Å². The van der Waals surface area contributed by atoms with E-state index >= 15 is 0 Å². The number of rotatable bonds is 6. The van der Waals surface area contributed by atoms with Crippen LogP contribution < -0.4 is 5.32 Å². The first-order valence-corrected chi connectivity index (χ1v) is 4.81. The lowest BCUT2D eigenvalue weighted by molar-refractivity contribution is -0.148. The van der Waals surface area contributed by atoms with E-state index in [2.05, 4.69) is 10.1 Å². The number of methoxy groups -OCH3 is 1. The summed E-state index contributed by atoms with van der Waals surface area (Å²) in [7, 11) is 2.77. The second-order valence-corrected chi connectivity index (χ2v) is 3.39. The van der Waals surface area contributed by atoms with Gasteiger partial charge < -0.3 is 25.2 Å². The summed E-state index contributed by atoms with van der Waals surface area (Å²) in [5, 5.41) is 19.9. The van der Waals surface area contributed by atoms with Crippen LogP contribution in [0, 0.1) is 0 Å². The van der Waals surface area contributed by atoms with E-state index in [9.17, 15) is 9.59 Å². The predicted octanol–water partition coefficient (Wildman–Crippen LogP) is -0.892. The van der Waals surface area contributed by atoms with E-state index in [1.807, 2.05) is 0 Å². The fourth-order valence-corrected chi connectivity index (χ4v) is 0.899. The number of amides is 2. The molecule has 7 heteroatoms. The van der Waals surface area contributed by atoms with Crippen molar-refractivity contribution in [3.63, 3.8) is 0 Å². The van der Waals surface area contributed by atoms with Gasteiger partial charge in [-0.15, -0.1) is 0 Å². The van der Waals surface area contributed by atoms with Crippen LogP contribution in [-0.4, -0.2) is 66.6 Å². The molecule has 7 nitrogen and oxygen atoms in total. The van der Waals surface area contributed by atoms with Crippen LogP contribution in [0.3, 0.4) is 0 Å². The summed E-state index contributed by atoms with van der Waals surface area (Å²) in [5.41, 5.74) is 0. The summed E-state index contributed by atoms with van der Waals surface area (Å²) >= 11 is 0. The molecule has 2 amide bonds. The van der Waals surface area contributed by atoms with E-state index in [1.165, 1.54) is 19.1 Å². The van der Waals surface area contributed by atoms with Crippen LogP contribution in [0.15, 0.2) is 0 Å². The fourth-order valence-electron chi connectivity index (χ4n) is 0.899. The van der Waals surface area contributed by atoms with Crippen molar-refractivity contribution < 1.29 is 24.5 Å². The first-order valence-electron chi connectivity index (χ1n) is 4.81. The minimum absolute atomic E-state index is 0.118. The lowest BCUT2D eigenvalue weighted by Gasteiger charge is -2.24. The molecule has 3 N–H and O–H groups in total. The summed E-state index contributed by atoms with van der Waals surface area (Å²) in [6.45, 7) is 1.40. The Labute approximate surface area is 94.0 Å². The van der Waals surface area contributed by atoms with Gasteiger partial charge in [-0.1, -0.05) is 0 Å². The maximum atomic E-state index is 11.4. The first-order chi connectivity index (χ1) is 7.43. The minimum Gasteiger partial charge on any atom is -0.479 e. The van der Waals surface area contributed by atoms with Crippen molar-refractivity contribution in [1.29, 1.82) is 0 Å². The van der Waals surface area contributed by atoms with Gasteiger partial charge in [0.1, 0.15) is 0 Å². The molecule has 0 aromatic carbocycles. The van der Waals surface area contributed by atoms with Crippen molar-refractivity contribution in [3.05, 3.63) is 0 Å². The van der Waals surface area contributed by atoms with Gasteiger partial charge >= 0.3 is 12.0 Å². The molecule has 0 bridgehead atoms. The number of urea groups is 1. The summed E-state index contributed by atoms with van der Waals surface area (Å²) < 4.78 is 4.65. The molecule has 0 aliphatic heterocycles. The average molecular weight is 234 g/mol. The number of aliphatic carboxylic acids is 1. The Morgan fingerprint density at radius 2 is 2.06 bits per heavy atom. The Bertz CT molecular complexity index is 246. The van der Waals surface area contributed by atoms with Crippen molar-refractivity contribution >= 4 is 12.0 Å². The van der Waals surface area contributed by atoms with Crippen LogP contribution in [0.4, 0.5) is 4.79 Å². The second-order valence-electron chi connectivity index (χ2n) is 3.39. The van der Waals surface area contributed by atoms with Crippen molar-refractivity contribution in [2.75, 3.05) is 27.3 Å². The number of aliphatic hydroxyl groups excluding tert-OH is 1. The number of carboxylic acids is 1. The van der Waals surface area contributed by atoms with E-state index in [0.29, 0.717) is 0 Å². The van der Waals surface area contributed by atoms with Gasteiger partial charge in [-0.25, -0.2) is 9.59 Å². The zero-order valence-corrected chi connectivity index (χ0v) is 9.64. The number of aliphatic hydroxyl groups is 1. The van der Waals surface area contributed by atoms with Crippen molar-refractivity contribution in [2.45, 2.75) is 19.1 Å². The Morgan fingerprint density at radius 1 is 1.50 bits per heavy atom. The third-order valence-electron chi connectivity index (χ3n) is 2.24. The molecular formula is C9H18N2O5. The number of likely N-dealkylation sites (N-methyl/N-ethyl adjacent to an activating group) is 1. The van der Waals surface area contributed by atoms with Crippen LogP contribution in [-0.2, 0) is 9.53 Å². The average Bonchev–Trinajstić information content (AvgIpc) is 2.26. The largest absolute Gasteiger partial charge is 0.479 e. The van der Waals surface area contributed by atoms with Gasteiger partial charge in [0, 0.05) is 14.2 Å². The zero-order valence-electron chi connectivity index (χ0n) is 9.64. The highest BCUT2D eigenvalue weighted by atomic mass is 16.5. The topological polar surface area (TPSA) is 99.1 Å². The number of hydrogen-bond acceptors (Lipinski definition) is 4. The molecule has 0 radical (unpaired) electrons. The van der Waals surface area contributed by atoms with E-state index in [4.69, 9.17) is 10.2 Å². The van der Waals surface area contributed by atoms with Crippen LogP contribution in [0.2, 0.25) is 0 Å². The first kappa shape index (κ1) is 14.7. The number of nitrogens with zero attached hydrogens (tertiary/aromatic N) is 1. The third kappa shape index (κ3) is 4.45. The molecule has 2 unspecified atom stereocenters. The molecule has 16 heavy (non-hydrogen) atoms. The molecule has 0 aromatic rings. The van der Waals surface area contributed by atoms with Gasteiger partial charge in [0.25, 0.3) is 0 Å². The third-order valence-corrected chi connectivity index (χ3v) is 2.24. The van der Waals surface area contributed by atoms with Gasteiger partial charge in [0.15, 0.2) is 6.10 Å². The Kier molecular flexibility index (Phi) is 6.43. The molecule has 0 fully saturated rings. The summed E-state index contributed by atoms with van der Waals surface area (Å²) in [4.78, 5) is 23.3. The Hall–Kier alpha value is -1.34. The van der Waals surface area contributed by atoms with Gasteiger partial charge in [-0.3, -0.25) is 0 Å². The van der Waals surface area contributed by atoms with Gasteiger partial charge in [-0.05, 0) is 6.92 Å². The fraction of sp³-hybridized carbons (Fsp3) is 0.778. The molecule has 0 aliphatic rings. The van der Waals surface area contributed by atoms with Crippen LogP contribution in [0.5, 0.6) is 0 Å². The van der Waals surface area contributed by atoms with Crippen LogP contribution in [0.1, 0.15) is 6.92 Å². The standard InChI is InChI=1S/C9H18N2O5/c1-6(5-12)11(2)9(15)10-4-7(16-3)8(13)14/h6-7,12H,4-5H2,1-3H3,(H,10,15)(H,13,14). The quantitative estimate of drug-likeness (QED) is 0.553. The number of nitrogens with one attached hydrogen (secondary N) is 1. The smallest absolute Gasteiger partial charge is 0.334 e. The lowest BCUT2D eigenvalue weighted by Crippen LogP contribution is -2.47. The second kappa shape index (κ2) is 7.02. The highest BCUT2D eigenvalue weighted by molar-refractivity contribution is 5.77. The predicted molar refractivity (Wildman–Crippen MR) is 56.1 cm³/mol. The number of carbonyl (C=O) groups excluding carboxylic acids is 1. The number of carboxylic acid groups (broad SMARTS) is 1. The van der Waals surface area contributed by atoms with E-state index < -0.39 is 18.1 Å². The maximum absolute atomic E-state index is 11.4. The molecule has 0 saturated carbocycles. The van der Waals surface area contributed by atoms with Gasteiger partial charge in [-0.2, -0.15) is 0 Å². The molecule has 0 rings (SSSR count). The van der Waals surface area contributed by atoms with Crippen molar-refractivity contribution in [2.24, 2.45) is 0 Å². The Morgan fingerprint density at radius 3 is 2.44 bits per heavy atom. The monoisotopic (exact) mass is 234 g/mol. The van der Waals surface area contributed by atoms with Crippen LogP contribution in [0.25, 0.3) is 0 Å². The Balaban J connectivity index is 4.10. The molecule has 2 atom stereocenters. The molecule has 0 spiro atoms. The summed E-state index contributed by atoms with van der Waals surface area (Å²) in [6, 6.07) is -0.782. The SMILES string of the molecule is COC(CNC(=O)N(C)C(C)CO)C(=O)O. The molecule has 0 heterocycles. The molecule has 0 aromatic heterocycles. The molecule has 94 valence electrons. The van der Waals surface area contributed by atoms with Crippen molar-refractivity contribution in [3.8, 4) is 0 Å². The summed E-state index contributed by atoms with van der Waals surface area (Å²) in [5.74, 6) is -1.14. The lowest BCUT2D eigenvalue weighted by atomic mass is 10.3. The van der Waals surface area contributed by atoms with E-state index in [-0.39, 0.29) is 19.2 Å². The molecular weight excluding hydrogens is 216 g/mol. The van der Waals surface area contributed by atoms with Gasteiger partial charge in [0.05, 0.1) is 19.2 Å². The van der Waals surface area contributed by atoms with Crippen LogP contribution >= 0.6 is 0 Å². The van der Waals surface area contributed by atoms with Crippen molar-refractivity contribution in [1.82, 2.24) is 10.2 Å². The summed E-state index contributed by atoms with van der Waals surface area (Å²) in [6.07, 6.45) is -1.07. The molecule has 0 aliphatic carbocycles. The number of hydrogen-bond donors (Lipinski definition) is 3. The minimum atomic E-state index is -1.14.